The number of hydrogen-bond acceptors (Lipinski definition) is 4. The Hall–Kier alpha value is -3.15. The molecule has 1 heterocycles. The highest BCUT2D eigenvalue weighted by Crippen LogP contribution is 2.26. The summed E-state index contributed by atoms with van der Waals surface area (Å²) in [5, 5.41) is 2.83. The number of ether oxygens (including phenoxy) is 1. The van der Waals surface area contributed by atoms with Gasteiger partial charge in [-0.15, -0.1) is 0 Å². The average molecular weight is 394 g/mol. The van der Waals surface area contributed by atoms with Gasteiger partial charge in [0.15, 0.2) is 0 Å². The molecule has 1 aliphatic rings. The molecule has 2 aromatic carbocycles. The van der Waals surface area contributed by atoms with Crippen LogP contribution in [0, 0.1) is 18.8 Å². The second-order valence-electron chi connectivity index (χ2n) is 7.80. The number of carbonyl (C=O) groups is 3. The van der Waals surface area contributed by atoms with Crippen molar-refractivity contribution >= 4 is 29.2 Å². The Bertz CT molecular complexity index is 888. The molecule has 0 radical (unpaired) electrons. The van der Waals surface area contributed by atoms with Crippen LogP contribution < -0.4 is 10.2 Å². The molecule has 1 N–H and O–H groups in total. The summed E-state index contributed by atoms with van der Waals surface area (Å²) in [4.78, 5) is 38.6. The number of carbonyl (C=O) groups excluding carboxylic acids is 3. The third-order valence-corrected chi connectivity index (χ3v) is 4.78. The first-order valence-electron chi connectivity index (χ1n) is 9.78. The Labute approximate surface area is 170 Å². The normalized spacial score (nSPS) is 16.2. The van der Waals surface area contributed by atoms with Gasteiger partial charge < -0.3 is 15.0 Å². The molecule has 0 saturated carbocycles. The summed E-state index contributed by atoms with van der Waals surface area (Å²) >= 11 is 0. The fourth-order valence-corrected chi connectivity index (χ4v) is 3.12. The fourth-order valence-electron chi connectivity index (χ4n) is 3.12. The van der Waals surface area contributed by atoms with Crippen LogP contribution in [0.25, 0.3) is 0 Å². The summed E-state index contributed by atoms with van der Waals surface area (Å²) in [5.41, 5.74) is 2.94. The Morgan fingerprint density at radius 1 is 1.10 bits per heavy atom. The summed E-state index contributed by atoms with van der Waals surface area (Å²) in [7, 11) is 0. The number of benzene rings is 2. The molecule has 0 aliphatic carbocycles. The molecular formula is C23H26N2O4. The Morgan fingerprint density at radius 2 is 1.76 bits per heavy atom. The van der Waals surface area contributed by atoms with Gasteiger partial charge in [0, 0.05) is 24.3 Å². The maximum Gasteiger partial charge on any atom is 0.338 e. The number of anilines is 2. The van der Waals surface area contributed by atoms with E-state index in [2.05, 4.69) is 5.32 Å². The van der Waals surface area contributed by atoms with Crippen LogP contribution in [0.5, 0.6) is 0 Å². The molecule has 1 aliphatic heterocycles. The first kappa shape index (κ1) is 20.6. The number of aryl methyl sites for hydroxylation is 1. The maximum atomic E-state index is 12.6. The van der Waals surface area contributed by atoms with Crippen molar-refractivity contribution < 1.29 is 19.1 Å². The van der Waals surface area contributed by atoms with E-state index in [0.717, 1.165) is 11.3 Å². The smallest absolute Gasteiger partial charge is 0.338 e. The van der Waals surface area contributed by atoms with Gasteiger partial charge in [-0.05, 0) is 49.2 Å². The third-order valence-electron chi connectivity index (χ3n) is 4.78. The third kappa shape index (κ3) is 5.22. The Kier molecular flexibility index (Phi) is 6.32. The van der Waals surface area contributed by atoms with Gasteiger partial charge in [0.05, 0.1) is 18.1 Å². The molecule has 152 valence electrons. The minimum absolute atomic E-state index is 0.0581. The van der Waals surface area contributed by atoms with Gasteiger partial charge in [0.1, 0.15) is 0 Å². The molecule has 0 bridgehead atoms. The Balaban J connectivity index is 1.58. The van der Waals surface area contributed by atoms with Gasteiger partial charge in [-0.3, -0.25) is 9.59 Å². The van der Waals surface area contributed by atoms with Crippen molar-refractivity contribution in [3.8, 4) is 0 Å². The summed E-state index contributed by atoms with van der Waals surface area (Å²) in [6.07, 6.45) is 0.180. The molecule has 6 nitrogen and oxygen atoms in total. The van der Waals surface area contributed by atoms with E-state index < -0.39 is 5.92 Å². The Morgan fingerprint density at radius 3 is 2.38 bits per heavy atom. The standard InChI is InChI=1S/C23H26N2O4/c1-15(2)14-29-23(28)17-6-8-19(9-7-17)24-22(27)18-12-21(26)25(13-18)20-10-4-16(3)5-11-20/h4-11,15,18H,12-14H2,1-3H3,(H,24,27). The quantitative estimate of drug-likeness (QED) is 0.756. The lowest BCUT2D eigenvalue weighted by Gasteiger charge is -2.17. The lowest BCUT2D eigenvalue weighted by Crippen LogP contribution is -2.28. The molecule has 2 amide bonds. The molecule has 0 spiro atoms. The average Bonchev–Trinajstić information content (AvgIpc) is 3.09. The van der Waals surface area contributed by atoms with Crippen molar-refractivity contribution in [3.63, 3.8) is 0 Å². The van der Waals surface area contributed by atoms with Gasteiger partial charge in [-0.1, -0.05) is 31.5 Å². The second kappa shape index (κ2) is 8.90. The zero-order valence-electron chi connectivity index (χ0n) is 17.0. The summed E-state index contributed by atoms with van der Waals surface area (Å²) < 4.78 is 5.20. The highest BCUT2D eigenvalue weighted by atomic mass is 16.5. The van der Waals surface area contributed by atoms with E-state index in [1.807, 2.05) is 45.0 Å². The van der Waals surface area contributed by atoms with Crippen LogP contribution in [0.15, 0.2) is 48.5 Å². The number of esters is 1. The zero-order chi connectivity index (χ0) is 21.0. The van der Waals surface area contributed by atoms with E-state index >= 15 is 0 Å². The number of nitrogens with zero attached hydrogens (tertiary/aromatic N) is 1. The van der Waals surface area contributed by atoms with Crippen molar-refractivity contribution in [2.45, 2.75) is 27.2 Å². The van der Waals surface area contributed by atoms with Crippen molar-refractivity contribution in [3.05, 3.63) is 59.7 Å². The van der Waals surface area contributed by atoms with Crippen LogP contribution in [0.2, 0.25) is 0 Å². The SMILES string of the molecule is Cc1ccc(N2CC(C(=O)Nc3ccc(C(=O)OCC(C)C)cc3)CC2=O)cc1. The maximum absolute atomic E-state index is 12.6. The molecular weight excluding hydrogens is 368 g/mol. The van der Waals surface area contributed by atoms with Gasteiger partial charge in [-0.2, -0.15) is 0 Å². The monoisotopic (exact) mass is 394 g/mol. The number of amides is 2. The fraction of sp³-hybridized carbons (Fsp3) is 0.348. The number of rotatable bonds is 6. The van der Waals surface area contributed by atoms with Crippen molar-refractivity contribution in [1.29, 1.82) is 0 Å². The van der Waals surface area contributed by atoms with Gasteiger partial charge in [0.2, 0.25) is 11.8 Å². The highest BCUT2D eigenvalue weighted by molar-refractivity contribution is 6.03. The molecule has 2 aromatic rings. The largest absolute Gasteiger partial charge is 0.462 e. The lowest BCUT2D eigenvalue weighted by molar-refractivity contribution is -0.122. The van der Waals surface area contributed by atoms with Gasteiger partial charge >= 0.3 is 5.97 Å². The molecule has 3 rings (SSSR count). The van der Waals surface area contributed by atoms with Crippen molar-refractivity contribution in [2.75, 3.05) is 23.4 Å². The predicted molar refractivity (Wildman–Crippen MR) is 112 cm³/mol. The first-order valence-corrected chi connectivity index (χ1v) is 9.78. The van der Waals surface area contributed by atoms with Crippen molar-refractivity contribution in [1.82, 2.24) is 0 Å². The molecule has 29 heavy (non-hydrogen) atoms. The molecule has 6 heteroatoms. The van der Waals surface area contributed by atoms with Crippen LogP contribution in [-0.2, 0) is 14.3 Å². The number of hydrogen-bond donors (Lipinski definition) is 1. The van der Waals surface area contributed by atoms with Crippen LogP contribution in [0.4, 0.5) is 11.4 Å². The second-order valence-corrected chi connectivity index (χ2v) is 7.80. The minimum atomic E-state index is -0.417. The molecule has 1 fully saturated rings. The molecule has 1 unspecified atom stereocenters. The first-order chi connectivity index (χ1) is 13.8. The molecule has 0 aromatic heterocycles. The molecule has 1 saturated heterocycles. The van der Waals surface area contributed by atoms with Crippen LogP contribution in [0.1, 0.15) is 36.2 Å². The number of nitrogens with one attached hydrogen (secondary N) is 1. The van der Waals surface area contributed by atoms with E-state index in [-0.39, 0.29) is 30.1 Å². The molecule has 1 atom stereocenters. The predicted octanol–water partition coefficient (Wildman–Crippen LogP) is 3.80. The van der Waals surface area contributed by atoms with Crippen molar-refractivity contribution in [2.24, 2.45) is 11.8 Å². The van der Waals surface area contributed by atoms with E-state index in [9.17, 15) is 14.4 Å². The van der Waals surface area contributed by atoms with E-state index in [1.54, 1.807) is 29.2 Å². The van der Waals surface area contributed by atoms with Crippen LogP contribution >= 0.6 is 0 Å². The van der Waals surface area contributed by atoms with Crippen LogP contribution in [-0.4, -0.2) is 30.9 Å². The van der Waals surface area contributed by atoms with Gasteiger partial charge in [0.25, 0.3) is 0 Å². The van der Waals surface area contributed by atoms with E-state index in [4.69, 9.17) is 4.74 Å². The highest BCUT2D eigenvalue weighted by Gasteiger charge is 2.35. The summed E-state index contributed by atoms with van der Waals surface area (Å²) in [5.74, 6) is -0.794. The summed E-state index contributed by atoms with van der Waals surface area (Å²) in [6, 6.07) is 14.3. The topological polar surface area (TPSA) is 75.7 Å². The van der Waals surface area contributed by atoms with E-state index in [1.165, 1.54) is 0 Å². The zero-order valence-corrected chi connectivity index (χ0v) is 17.0. The van der Waals surface area contributed by atoms with Gasteiger partial charge in [-0.25, -0.2) is 4.79 Å². The minimum Gasteiger partial charge on any atom is -0.462 e. The van der Waals surface area contributed by atoms with Crippen LogP contribution in [0.3, 0.4) is 0 Å². The summed E-state index contributed by atoms with van der Waals surface area (Å²) in [6.45, 7) is 6.65. The lowest BCUT2D eigenvalue weighted by atomic mass is 10.1. The van der Waals surface area contributed by atoms with E-state index in [0.29, 0.717) is 24.4 Å².